The first-order valence-corrected chi connectivity index (χ1v) is 6.29. The maximum atomic E-state index is 11.6. The summed E-state index contributed by atoms with van der Waals surface area (Å²) in [5.74, 6) is 1.43. The molecule has 17 heavy (non-hydrogen) atoms. The Morgan fingerprint density at radius 3 is 3.06 bits per heavy atom. The second-order valence-corrected chi connectivity index (χ2v) is 5.74. The van der Waals surface area contributed by atoms with Gasteiger partial charge in [0, 0.05) is 25.2 Å². The minimum Gasteiger partial charge on any atom is -0.489 e. The number of carbonyl (C=O) groups excluding carboxylic acids is 1. The lowest BCUT2D eigenvalue weighted by atomic mass is 9.87. The van der Waals surface area contributed by atoms with E-state index in [1.54, 1.807) is 0 Å². The maximum Gasteiger partial charge on any atom is 0.135 e. The molecule has 3 nitrogen and oxygen atoms in total. The highest BCUT2D eigenvalue weighted by Crippen LogP contribution is 2.42. The van der Waals surface area contributed by atoms with Crippen LogP contribution in [0.3, 0.4) is 0 Å². The number of ether oxygens (including phenoxy) is 2. The Balaban J connectivity index is 1.89. The van der Waals surface area contributed by atoms with Crippen molar-refractivity contribution in [2.75, 3.05) is 6.61 Å². The van der Waals surface area contributed by atoms with E-state index < -0.39 is 0 Å². The van der Waals surface area contributed by atoms with Crippen molar-refractivity contribution in [3.63, 3.8) is 0 Å². The van der Waals surface area contributed by atoms with Crippen molar-refractivity contribution in [2.45, 2.75) is 44.8 Å². The van der Waals surface area contributed by atoms with Gasteiger partial charge >= 0.3 is 0 Å². The topological polar surface area (TPSA) is 35.5 Å². The number of allylic oxidation sites excluding steroid dienone is 1. The van der Waals surface area contributed by atoms with Gasteiger partial charge in [0.25, 0.3) is 0 Å². The average Bonchev–Trinajstić information content (AvgIpc) is 2.42. The van der Waals surface area contributed by atoms with E-state index in [-0.39, 0.29) is 17.6 Å². The van der Waals surface area contributed by atoms with E-state index in [2.05, 4.69) is 26.0 Å². The SMILES string of the molecule is CC1(C)CC2=C(O1)C1OCCC(=O)C[C@H]1C=C2. The van der Waals surface area contributed by atoms with Gasteiger partial charge in [-0.05, 0) is 19.4 Å². The fraction of sp³-hybridized carbons (Fsp3) is 0.643. The molecule has 0 aromatic heterocycles. The van der Waals surface area contributed by atoms with Gasteiger partial charge in [-0.1, -0.05) is 12.2 Å². The van der Waals surface area contributed by atoms with Crippen LogP contribution in [0.5, 0.6) is 0 Å². The van der Waals surface area contributed by atoms with Crippen LogP contribution in [0.4, 0.5) is 0 Å². The Hall–Kier alpha value is -1.09. The zero-order valence-electron chi connectivity index (χ0n) is 10.4. The number of fused-ring (bicyclic) bond motifs is 2. The lowest BCUT2D eigenvalue weighted by Gasteiger charge is -2.28. The molecule has 0 N–H and O–H groups in total. The van der Waals surface area contributed by atoms with Crippen molar-refractivity contribution < 1.29 is 14.3 Å². The molecule has 1 aliphatic carbocycles. The van der Waals surface area contributed by atoms with E-state index in [0.29, 0.717) is 25.2 Å². The molecule has 0 bridgehead atoms. The van der Waals surface area contributed by atoms with Gasteiger partial charge in [0.15, 0.2) is 0 Å². The van der Waals surface area contributed by atoms with Gasteiger partial charge < -0.3 is 9.47 Å². The summed E-state index contributed by atoms with van der Waals surface area (Å²) < 4.78 is 11.8. The zero-order valence-corrected chi connectivity index (χ0v) is 10.4. The molecule has 0 amide bonds. The molecule has 2 atom stereocenters. The van der Waals surface area contributed by atoms with Crippen LogP contribution in [0, 0.1) is 5.92 Å². The molecule has 2 heterocycles. The first-order chi connectivity index (χ1) is 8.05. The van der Waals surface area contributed by atoms with Crippen molar-refractivity contribution in [3.8, 4) is 0 Å². The van der Waals surface area contributed by atoms with Crippen molar-refractivity contribution in [1.82, 2.24) is 0 Å². The third-order valence-electron chi connectivity index (χ3n) is 3.65. The van der Waals surface area contributed by atoms with Crippen LogP contribution in [0.2, 0.25) is 0 Å². The normalized spacial score (nSPS) is 35.1. The van der Waals surface area contributed by atoms with Gasteiger partial charge in [0.2, 0.25) is 0 Å². The van der Waals surface area contributed by atoms with E-state index in [9.17, 15) is 4.79 Å². The third-order valence-corrected chi connectivity index (χ3v) is 3.65. The van der Waals surface area contributed by atoms with Crippen LogP contribution in [0.25, 0.3) is 0 Å². The Morgan fingerprint density at radius 1 is 1.41 bits per heavy atom. The lowest BCUT2D eigenvalue weighted by Crippen LogP contribution is -2.29. The predicted molar refractivity (Wildman–Crippen MR) is 63.4 cm³/mol. The van der Waals surface area contributed by atoms with E-state index in [0.717, 1.165) is 12.2 Å². The van der Waals surface area contributed by atoms with Crippen LogP contribution >= 0.6 is 0 Å². The summed E-state index contributed by atoms with van der Waals surface area (Å²) in [5.41, 5.74) is 1.11. The molecule has 0 aromatic rings. The summed E-state index contributed by atoms with van der Waals surface area (Å²) >= 11 is 0. The number of hydrogen-bond acceptors (Lipinski definition) is 3. The molecular weight excluding hydrogens is 216 g/mol. The molecule has 0 saturated carbocycles. The maximum absolute atomic E-state index is 11.6. The molecule has 2 aliphatic heterocycles. The fourth-order valence-corrected chi connectivity index (χ4v) is 2.90. The highest BCUT2D eigenvalue weighted by molar-refractivity contribution is 5.79. The molecule has 1 unspecified atom stereocenters. The van der Waals surface area contributed by atoms with Crippen LogP contribution in [-0.2, 0) is 14.3 Å². The van der Waals surface area contributed by atoms with Crippen LogP contribution in [0.1, 0.15) is 33.1 Å². The standard InChI is InChI=1S/C14H18O3/c1-14(2)8-10-4-3-9-7-11(15)5-6-16-12(9)13(10)17-14/h3-4,9,12H,5-8H2,1-2H3/t9-,12?/m1/s1. The first kappa shape index (κ1) is 11.0. The molecule has 0 radical (unpaired) electrons. The van der Waals surface area contributed by atoms with Gasteiger partial charge in [-0.15, -0.1) is 0 Å². The van der Waals surface area contributed by atoms with E-state index in [1.165, 1.54) is 5.57 Å². The third kappa shape index (κ3) is 1.93. The molecular formula is C14H18O3. The number of Topliss-reactive ketones (excluding diaryl/α,β-unsaturated/α-hetero) is 1. The molecule has 0 spiro atoms. The van der Waals surface area contributed by atoms with Gasteiger partial charge in [-0.3, -0.25) is 4.79 Å². The van der Waals surface area contributed by atoms with Crippen molar-refractivity contribution >= 4 is 5.78 Å². The van der Waals surface area contributed by atoms with Gasteiger partial charge in [0.1, 0.15) is 23.2 Å². The summed E-state index contributed by atoms with van der Waals surface area (Å²) in [6.07, 6.45) is 6.25. The summed E-state index contributed by atoms with van der Waals surface area (Å²) in [6.45, 7) is 4.71. The van der Waals surface area contributed by atoms with Gasteiger partial charge in [-0.2, -0.15) is 0 Å². The lowest BCUT2D eigenvalue weighted by molar-refractivity contribution is -0.119. The fourth-order valence-electron chi connectivity index (χ4n) is 2.90. The Morgan fingerprint density at radius 2 is 2.24 bits per heavy atom. The van der Waals surface area contributed by atoms with E-state index in [1.807, 2.05) is 0 Å². The second-order valence-electron chi connectivity index (χ2n) is 5.74. The smallest absolute Gasteiger partial charge is 0.135 e. The summed E-state index contributed by atoms with van der Waals surface area (Å²) in [4.78, 5) is 11.6. The predicted octanol–water partition coefficient (Wildman–Crippen LogP) is 2.37. The largest absolute Gasteiger partial charge is 0.489 e. The minimum atomic E-state index is -0.135. The average molecular weight is 234 g/mol. The molecule has 92 valence electrons. The Bertz CT molecular complexity index is 417. The minimum absolute atomic E-state index is 0.0387. The number of ketones is 1. The van der Waals surface area contributed by atoms with Gasteiger partial charge in [0.05, 0.1) is 6.61 Å². The molecule has 0 aromatic carbocycles. The van der Waals surface area contributed by atoms with E-state index >= 15 is 0 Å². The quantitative estimate of drug-likeness (QED) is 0.645. The number of rotatable bonds is 0. The monoisotopic (exact) mass is 234 g/mol. The Kier molecular flexibility index (Phi) is 2.40. The van der Waals surface area contributed by atoms with E-state index in [4.69, 9.17) is 9.47 Å². The molecule has 1 saturated heterocycles. The summed E-state index contributed by atoms with van der Waals surface area (Å²) in [6, 6.07) is 0. The molecule has 1 fully saturated rings. The van der Waals surface area contributed by atoms with Crippen LogP contribution in [-0.4, -0.2) is 24.1 Å². The highest BCUT2D eigenvalue weighted by Gasteiger charge is 2.41. The number of hydrogen-bond donors (Lipinski definition) is 0. The first-order valence-electron chi connectivity index (χ1n) is 6.29. The molecule has 3 rings (SSSR count). The second kappa shape index (κ2) is 3.70. The van der Waals surface area contributed by atoms with Crippen molar-refractivity contribution in [3.05, 3.63) is 23.5 Å². The number of carbonyl (C=O) groups is 1. The molecule has 3 aliphatic rings. The van der Waals surface area contributed by atoms with Crippen LogP contribution in [0.15, 0.2) is 23.5 Å². The van der Waals surface area contributed by atoms with Crippen molar-refractivity contribution in [1.29, 1.82) is 0 Å². The zero-order chi connectivity index (χ0) is 12.0. The Labute approximate surface area is 101 Å². The molecule has 3 heteroatoms. The van der Waals surface area contributed by atoms with Crippen LogP contribution < -0.4 is 0 Å². The summed E-state index contributed by atoms with van der Waals surface area (Å²) in [7, 11) is 0. The van der Waals surface area contributed by atoms with Gasteiger partial charge in [-0.25, -0.2) is 0 Å². The summed E-state index contributed by atoms with van der Waals surface area (Å²) in [5, 5.41) is 0. The van der Waals surface area contributed by atoms with Crippen molar-refractivity contribution in [2.24, 2.45) is 5.92 Å². The highest BCUT2D eigenvalue weighted by atomic mass is 16.6.